The summed E-state index contributed by atoms with van der Waals surface area (Å²) < 4.78 is 0. The number of nitrogens with one attached hydrogen (secondary N) is 2. The molecule has 0 aromatic heterocycles. The Morgan fingerprint density at radius 1 is 0.875 bits per heavy atom. The molecule has 0 heterocycles. The van der Waals surface area contributed by atoms with Crippen LogP contribution in [0.3, 0.4) is 0 Å². The highest BCUT2D eigenvalue weighted by Gasteiger charge is 1.92. The molecule has 0 aromatic rings. The topological polar surface area (TPSA) is 98.7 Å². The molecular formula is C10H16N2O4. The van der Waals surface area contributed by atoms with Crippen LogP contribution < -0.4 is 10.6 Å². The summed E-state index contributed by atoms with van der Waals surface area (Å²) in [5.41, 5.74) is 0. The van der Waals surface area contributed by atoms with Gasteiger partial charge in [-0.05, 0) is 0 Å². The molecule has 0 aliphatic carbocycles. The zero-order valence-corrected chi connectivity index (χ0v) is 8.85. The van der Waals surface area contributed by atoms with Gasteiger partial charge in [0.1, 0.15) is 0 Å². The van der Waals surface area contributed by atoms with Crippen LogP contribution in [0.15, 0.2) is 24.3 Å². The van der Waals surface area contributed by atoms with Gasteiger partial charge in [-0.2, -0.15) is 0 Å². The van der Waals surface area contributed by atoms with Crippen molar-refractivity contribution in [3.63, 3.8) is 0 Å². The Bertz CT molecular complexity index is 246. The molecule has 4 N–H and O–H groups in total. The zero-order valence-electron chi connectivity index (χ0n) is 8.85. The van der Waals surface area contributed by atoms with Gasteiger partial charge in [-0.15, -0.1) is 0 Å². The molecule has 0 saturated carbocycles. The lowest BCUT2D eigenvalue weighted by molar-refractivity contribution is -0.117. The maximum Gasteiger partial charge on any atom is 0.244 e. The first-order valence-corrected chi connectivity index (χ1v) is 4.83. The standard InChI is InChI=1S/C10H16N2O4/c13-7-5-11-9(15)3-1-2-4-10(16)12-6-8-14/h1-4,13-14H,5-8H2,(H,11,15)(H,12,16)/b3-1+,4-2+. The van der Waals surface area contributed by atoms with Gasteiger partial charge in [0.25, 0.3) is 0 Å². The number of hydrogen-bond donors (Lipinski definition) is 4. The van der Waals surface area contributed by atoms with Crippen molar-refractivity contribution >= 4 is 11.8 Å². The summed E-state index contributed by atoms with van der Waals surface area (Å²) in [6, 6.07) is 0. The predicted molar refractivity (Wildman–Crippen MR) is 58.5 cm³/mol. The van der Waals surface area contributed by atoms with Crippen molar-refractivity contribution in [3.05, 3.63) is 24.3 Å². The largest absolute Gasteiger partial charge is 0.395 e. The molecule has 0 spiro atoms. The van der Waals surface area contributed by atoms with Gasteiger partial charge >= 0.3 is 0 Å². The minimum Gasteiger partial charge on any atom is -0.395 e. The zero-order chi connectivity index (χ0) is 12.2. The Kier molecular flexibility index (Phi) is 8.85. The number of carbonyl (C=O) groups is 2. The number of rotatable bonds is 7. The molecule has 16 heavy (non-hydrogen) atoms. The van der Waals surface area contributed by atoms with E-state index in [1.54, 1.807) is 0 Å². The quantitative estimate of drug-likeness (QED) is 0.309. The lowest BCUT2D eigenvalue weighted by atomic mass is 10.4. The number of aliphatic hydroxyl groups is 2. The van der Waals surface area contributed by atoms with Crippen LogP contribution in [0.4, 0.5) is 0 Å². The van der Waals surface area contributed by atoms with Crippen LogP contribution in [-0.2, 0) is 9.59 Å². The molecule has 90 valence electrons. The molecule has 0 rings (SSSR count). The summed E-state index contributed by atoms with van der Waals surface area (Å²) in [5, 5.41) is 21.7. The molecule has 6 heteroatoms. The first-order chi connectivity index (χ1) is 7.70. The lowest BCUT2D eigenvalue weighted by Gasteiger charge is -1.96. The normalized spacial score (nSPS) is 10.9. The highest BCUT2D eigenvalue weighted by atomic mass is 16.3. The number of aliphatic hydroxyl groups excluding tert-OH is 2. The Morgan fingerprint density at radius 3 is 1.56 bits per heavy atom. The van der Waals surface area contributed by atoms with E-state index in [2.05, 4.69) is 10.6 Å². The molecule has 0 radical (unpaired) electrons. The second-order valence-corrected chi connectivity index (χ2v) is 2.75. The van der Waals surface area contributed by atoms with Crippen molar-refractivity contribution in [2.24, 2.45) is 0 Å². The Morgan fingerprint density at radius 2 is 1.25 bits per heavy atom. The maximum atomic E-state index is 10.9. The minimum atomic E-state index is -0.338. The van der Waals surface area contributed by atoms with Crippen LogP contribution in [0.2, 0.25) is 0 Å². The van der Waals surface area contributed by atoms with E-state index >= 15 is 0 Å². The van der Waals surface area contributed by atoms with Crippen LogP contribution >= 0.6 is 0 Å². The summed E-state index contributed by atoms with van der Waals surface area (Å²) in [6.07, 6.45) is 5.30. The fourth-order valence-electron chi connectivity index (χ4n) is 0.762. The first-order valence-electron chi connectivity index (χ1n) is 4.83. The van der Waals surface area contributed by atoms with Gasteiger partial charge in [0.15, 0.2) is 0 Å². The molecule has 6 nitrogen and oxygen atoms in total. The summed E-state index contributed by atoms with van der Waals surface area (Å²) in [5.74, 6) is -0.677. The molecule has 0 saturated heterocycles. The van der Waals surface area contributed by atoms with E-state index in [0.29, 0.717) is 0 Å². The van der Waals surface area contributed by atoms with Gasteiger partial charge in [-0.3, -0.25) is 9.59 Å². The van der Waals surface area contributed by atoms with Crippen molar-refractivity contribution in [1.29, 1.82) is 0 Å². The Hall–Kier alpha value is -1.66. The predicted octanol–water partition coefficient (Wildman–Crippen LogP) is -1.68. The van der Waals surface area contributed by atoms with Gasteiger partial charge in [0.05, 0.1) is 13.2 Å². The molecule has 0 aromatic carbocycles. The third-order valence-corrected chi connectivity index (χ3v) is 1.43. The third kappa shape index (κ3) is 8.92. The van der Waals surface area contributed by atoms with Gasteiger partial charge in [-0.25, -0.2) is 0 Å². The molecule has 0 unspecified atom stereocenters. The summed E-state index contributed by atoms with van der Waals surface area (Å²) in [6.45, 7) is 0.172. The maximum absolute atomic E-state index is 10.9. The summed E-state index contributed by atoms with van der Waals surface area (Å²) in [7, 11) is 0. The molecule has 0 fully saturated rings. The van der Waals surface area contributed by atoms with Gasteiger partial charge in [0, 0.05) is 25.2 Å². The van der Waals surface area contributed by atoms with E-state index in [1.807, 2.05) is 0 Å². The second-order valence-electron chi connectivity index (χ2n) is 2.75. The van der Waals surface area contributed by atoms with Crippen molar-refractivity contribution in [1.82, 2.24) is 10.6 Å². The third-order valence-electron chi connectivity index (χ3n) is 1.43. The highest BCUT2D eigenvalue weighted by Crippen LogP contribution is 1.79. The fourth-order valence-corrected chi connectivity index (χ4v) is 0.762. The minimum absolute atomic E-state index is 0.112. The number of allylic oxidation sites excluding steroid dienone is 2. The van der Waals surface area contributed by atoms with Gasteiger partial charge in [-0.1, -0.05) is 12.2 Å². The van der Waals surface area contributed by atoms with Crippen LogP contribution in [0, 0.1) is 0 Å². The molecule has 0 bridgehead atoms. The van der Waals surface area contributed by atoms with E-state index in [1.165, 1.54) is 24.3 Å². The fraction of sp³-hybridized carbons (Fsp3) is 0.400. The van der Waals surface area contributed by atoms with E-state index in [0.717, 1.165) is 0 Å². The molecule has 0 aliphatic rings. The van der Waals surface area contributed by atoms with Crippen molar-refractivity contribution in [2.75, 3.05) is 26.3 Å². The number of amides is 2. The Balaban J connectivity index is 3.76. The van der Waals surface area contributed by atoms with Gasteiger partial charge in [0.2, 0.25) is 11.8 Å². The lowest BCUT2D eigenvalue weighted by Crippen LogP contribution is -2.24. The van der Waals surface area contributed by atoms with Crippen molar-refractivity contribution in [3.8, 4) is 0 Å². The molecule has 0 atom stereocenters. The van der Waals surface area contributed by atoms with E-state index in [4.69, 9.17) is 10.2 Å². The van der Waals surface area contributed by atoms with Gasteiger partial charge < -0.3 is 20.8 Å². The molecular weight excluding hydrogens is 212 g/mol. The first kappa shape index (κ1) is 14.3. The SMILES string of the molecule is O=C(/C=C/C=C/C(=O)NCCO)NCCO. The van der Waals surface area contributed by atoms with Crippen LogP contribution in [0.1, 0.15) is 0 Å². The van der Waals surface area contributed by atoms with Crippen LogP contribution in [0.25, 0.3) is 0 Å². The Labute approximate surface area is 93.7 Å². The van der Waals surface area contributed by atoms with Crippen LogP contribution in [-0.4, -0.2) is 48.3 Å². The average molecular weight is 228 g/mol. The van der Waals surface area contributed by atoms with Crippen molar-refractivity contribution < 1.29 is 19.8 Å². The van der Waals surface area contributed by atoms with Crippen molar-refractivity contribution in [2.45, 2.75) is 0 Å². The molecule has 2 amide bonds. The van der Waals surface area contributed by atoms with Crippen LogP contribution in [0.5, 0.6) is 0 Å². The molecule has 0 aliphatic heterocycles. The smallest absolute Gasteiger partial charge is 0.244 e. The summed E-state index contributed by atoms with van der Waals surface area (Å²) in [4.78, 5) is 21.9. The average Bonchev–Trinajstić information content (AvgIpc) is 2.29. The number of carbonyl (C=O) groups excluding carboxylic acids is 2. The second kappa shape index (κ2) is 9.88. The van der Waals surface area contributed by atoms with E-state index in [-0.39, 0.29) is 38.1 Å². The van der Waals surface area contributed by atoms with E-state index < -0.39 is 0 Å². The van der Waals surface area contributed by atoms with E-state index in [9.17, 15) is 9.59 Å². The highest BCUT2D eigenvalue weighted by molar-refractivity contribution is 5.89. The number of hydrogen-bond acceptors (Lipinski definition) is 4. The summed E-state index contributed by atoms with van der Waals surface area (Å²) >= 11 is 0. The monoisotopic (exact) mass is 228 g/mol.